The van der Waals surface area contributed by atoms with Gasteiger partial charge in [-0.2, -0.15) is 5.10 Å². The maximum Gasteiger partial charge on any atom is 0.0888 e. The first-order chi connectivity index (χ1) is 8.15. The molecule has 0 aliphatic heterocycles. The number of hydrogen-bond acceptors (Lipinski definition) is 1. The van der Waals surface area contributed by atoms with E-state index in [0.29, 0.717) is 0 Å². The van der Waals surface area contributed by atoms with Crippen molar-refractivity contribution < 1.29 is 0 Å². The maximum atomic E-state index is 4.67. The largest absolute Gasteiger partial charge is 0.360 e. The fraction of sp³-hybridized carbons (Fsp3) is 0.643. The van der Waals surface area contributed by atoms with E-state index in [1.165, 1.54) is 53.7 Å². The summed E-state index contributed by atoms with van der Waals surface area (Å²) < 4.78 is 2.02. The molecule has 0 spiro atoms. The summed E-state index contributed by atoms with van der Waals surface area (Å²) in [5, 5.41) is 6.01. The minimum Gasteiger partial charge on any atom is -0.360 e. The molecule has 2 rings (SSSR count). The van der Waals surface area contributed by atoms with E-state index in [9.17, 15) is 0 Å². The highest BCUT2D eigenvalue weighted by Gasteiger charge is 2.14. The number of aromatic nitrogens is 3. The molecule has 2 aromatic heterocycles. The Morgan fingerprint density at radius 1 is 1.12 bits per heavy atom. The first-order valence-corrected chi connectivity index (χ1v) is 6.66. The zero-order valence-electron chi connectivity index (χ0n) is 11.4. The molecule has 0 atom stereocenters. The third kappa shape index (κ3) is 2.24. The summed E-state index contributed by atoms with van der Waals surface area (Å²) in [7, 11) is 2.04. The lowest BCUT2D eigenvalue weighted by Crippen LogP contribution is -1.94. The number of nitrogens with zero attached hydrogens (tertiary/aromatic N) is 2. The Labute approximate surface area is 103 Å². The first-order valence-electron chi connectivity index (χ1n) is 6.66. The van der Waals surface area contributed by atoms with Crippen LogP contribution in [0.1, 0.15) is 49.7 Å². The summed E-state index contributed by atoms with van der Waals surface area (Å²) >= 11 is 0. The van der Waals surface area contributed by atoms with Crippen LogP contribution in [0.15, 0.2) is 0 Å². The quantitative estimate of drug-likeness (QED) is 0.786. The Morgan fingerprint density at radius 3 is 2.59 bits per heavy atom. The van der Waals surface area contributed by atoms with Gasteiger partial charge in [-0.1, -0.05) is 26.2 Å². The molecule has 0 saturated carbocycles. The molecule has 0 unspecified atom stereocenters. The van der Waals surface area contributed by atoms with Gasteiger partial charge in [-0.05, 0) is 26.7 Å². The van der Waals surface area contributed by atoms with Gasteiger partial charge in [0.2, 0.25) is 0 Å². The third-order valence-corrected chi connectivity index (χ3v) is 3.49. The number of H-pyrrole nitrogens is 1. The molecule has 0 saturated heterocycles. The third-order valence-electron chi connectivity index (χ3n) is 3.49. The molecule has 3 nitrogen and oxygen atoms in total. The molecule has 17 heavy (non-hydrogen) atoms. The van der Waals surface area contributed by atoms with Crippen molar-refractivity contribution in [2.24, 2.45) is 7.05 Å². The minimum absolute atomic E-state index is 1.11. The number of fused-ring (bicyclic) bond motifs is 1. The van der Waals surface area contributed by atoms with E-state index in [2.05, 4.69) is 30.9 Å². The molecule has 0 radical (unpaired) electrons. The van der Waals surface area contributed by atoms with Crippen LogP contribution >= 0.6 is 0 Å². The summed E-state index contributed by atoms with van der Waals surface area (Å²) in [5.74, 6) is 0. The fourth-order valence-electron chi connectivity index (χ4n) is 2.70. The number of nitrogens with one attached hydrogen (secondary N) is 1. The van der Waals surface area contributed by atoms with Gasteiger partial charge in [0.1, 0.15) is 0 Å². The van der Waals surface area contributed by atoms with Crippen molar-refractivity contribution in [3.63, 3.8) is 0 Å². The van der Waals surface area contributed by atoms with Gasteiger partial charge < -0.3 is 4.98 Å². The summed E-state index contributed by atoms with van der Waals surface area (Å²) in [6.07, 6.45) is 6.30. The highest BCUT2D eigenvalue weighted by molar-refractivity contribution is 5.87. The van der Waals surface area contributed by atoms with Gasteiger partial charge in [0.25, 0.3) is 0 Å². The van der Waals surface area contributed by atoms with Crippen LogP contribution in [-0.2, 0) is 13.5 Å². The van der Waals surface area contributed by atoms with Gasteiger partial charge >= 0.3 is 0 Å². The lowest BCUT2D eigenvalue weighted by molar-refractivity contribution is 0.652. The molecule has 0 amide bonds. The Hall–Kier alpha value is -1.25. The van der Waals surface area contributed by atoms with Gasteiger partial charge in [0.05, 0.1) is 11.2 Å². The average Bonchev–Trinajstić information content (AvgIpc) is 2.75. The second kappa shape index (κ2) is 4.94. The zero-order chi connectivity index (χ0) is 12.4. The van der Waals surface area contributed by atoms with E-state index in [1.54, 1.807) is 0 Å². The van der Waals surface area contributed by atoms with E-state index in [4.69, 9.17) is 0 Å². The van der Waals surface area contributed by atoms with Crippen LogP contribution in [0.5, 0.6) is 0 Å². The summed E-state index contributed by atoms with van der Waals surface area (Å²) in [6.45, 7) is 6.52. The van der Waals surface area contributed by atoms with Crippen molar-refractivity contribution in [2.45, 2.75) is 52.9 Å². The predicted octanol–water partition coefficient (Wildman–Crippen LogP) is 3.64. The molecule has 2 aromatic rings. The molecule has 0 fully saturated rings. The average molecular weight is 233 g/mol. The molecule has 3 heteroatoms. The van der Waals surface area contributed by atoms with E-state index in [1.807, 2.05) is 11.7 Å². The molecule has 2 heterocycles. The lowest BCUT2D eigenvalue weighted by atomic mass is 10.1. The first kappa shape index (κ1) is 12.2. The van der Waals surface area contributed by atoms with E-state index in [-0.39, 0.29) is 0 Å². The van der Waals surface area contributed by atoms with Gasteiger partial charge in [-0.3, -0.25) is 4.68 Å². The van der Waals surface area contributed by atoms with E-state index in [0.717, 1.165) is 6.42 Å². The number of hydrogen-bond donors (Lipinski definition) is 1. The number of aromatic amines is 1. The van der Waals surface area contributed by atoms with E-state index >= 15 is 0 Å². The second-order valence-electron chi connectivity index (χ2n) is 4.98. The Morgan fingerprint density at radius 2 is 1.88 bits per heavy atom. The highest BCUT2D eigenvalue weighted by atomic mass is 15.3. The van der Waals surface area contributed by atoms with Crippen LogP contribution < -0.4 is 0 Å². The van der Waals surface area contributed by atoms with Crippen molar-refractivity contribution in [1.29, 1.82) is 0 Å². The van der Waals surface area contributed by atoms with Crippen LogP contribution in [0.4, 0.5) is 0 Å². The summed E-state index contributed by atoms with van der Waals surface area (Å²) in [5.41, 5.74) is 5.02. The molecule has 0 bridgehead atoms. The van der Waals surface area contributed by atoms with Crippen molar-refractivity contribution in [3.05, 3.63) is 17.1 Å². The van der Waals surface area contributed by atoms with Crippen molar-refractivity contribution >= 4 is 10.9 Å². The maximum absolute atomic E-state index is 4.67. The Bertz CT molecular complexity index is 505. The van der Waals surface area contributed by atoms with Crippen molar-refractivity contribution in [3.8, 4) is 0 Å². The zero-order valence-corrected chi connectivity index (χ0v) is 11.4. The molecular formula is C14H23N3. The number of rotatable bonds is 5. The summed E-state index contributed by atoms with van der Waals surface area (Å²) in [6, 6.07) is 0. The predicted molar refractivity (Wildman–Crippen MR) is 72.4 cm³/mol. The number of unbranched alkanes of at least 4 members (excludes halogenated alkanes) is 3. The summed E-state index contributed by atoms with van der Waals surface area (Å²) in [4.78, 5) is 3.42. The van der Waals surface area contributed by atoms with Crippen LogP contribution in [0.2, 0.25) is 0 Å². The van der Waals surface area contributed by atoms with Crippen LogP contribution in [0, 0.1) is 13.8 Å². The van der Waals surface area contributed by atoms with E-state index < -0.39 is 0 Å². The monoisotopic (exact) mass is 233 g/mol. The van der Waals surface area contributed by atoms with Gasteiger partial charge in [0, 0.05) is 23.8 Å². The van der Waals surface area contributed by atoms with Crippen LogP contribution in [-0.4, -0.2) is 14.8 Å². The fourth-order valence-corrected chi connectivity index (χ4v) is 2.70. The van der Waals surface area contributed by atoms with Crippen molar-refractivity contribution in [1.82, 2.24) is 14.8 Å². The van der Waals surface area contributed by atoms with Crippen LogP contribution in [0.3, 0.4) is 0 Å². The van der Waals surface area contributed by atoms with Gasteiger partial charge in [-0.25, -0.2) is 0 Å². The Balaban J connectivity index is 2.22. The SMILES string of the molecule is CCCCCCc1nn(C)c2c(C)[nH]c(C)c12. The highest BCUT2D eigenvalue weighted by Crippen LogP contribution is 2.26. The topological polar surface area (TPSA) is 33.6 Å². The molecule has 0 aliphatic carbocycles. The number of aryl methyl sites for hydroxylation is 4. The van der Waals surface area contributed by atoms with Crippen molar-refractivity contribution in [2.75, 3.05) is 0 Å². The van der Waals surface area contributed by atoms with Gasteiger partial charge in [-0.15, -0.1) is 0 Å². The minimum atomic E-state index is 1.11. The Kier molecular flexibility index (Phi) is 3.55. The molecular weight excluding hydrogens is 210 g/mol. The molecule has 1 N–H and O–H groups in total. The molecule has 0 aliphatic rings. The smallest absolute Gasteiger partial charge is 0.0888 e. The molecule has 0 aromatic carbocycles. The van der Waals surface area contributed by atoms with Gasteiger partial charge in [0.15, 0.2) is 0 Å². The standard InChI is InChI=1S/C14H23N3/c1-5-6-7-8-9-12-13-10(2)15-11(3)14(13)17(4)16-12/h15H,5-9H2,1-4H3. The molecule has 94 valence electrons. The van der Waals surface area contributed by atoms with Crippen LogP contribution in [0.25, 0.3) is 10.9 Å². The second-order valence-corrected chi connectivity index (χ2v) is 4.98. The lowest BCUT2D eigenvalue weighted by Gasteiger charge is -1.98. The normalized spacial score (nSPS) is 11.5.